The van der Waals surface area contributed by atoms with E-state index in [1.54, 1.807) is 0 Å². The number of nitrogens with zero attached hydrogens (tertiary/aromatic N) is 2. The zero-order valence-electron chi connectivity index (χ0n) is 7.01. The van der Waals surface area contributed by atoms with Gasteiger partial charge in [-0.15, -0.1) is 0 Å². The minimum atomic E-state index is 0.576. The lowest BCUT2D eigenvalue weighted by molar-refractivity contribution is 0.0945. The third-order valence-corrected chi connectivity index (χ3v) is 3.50. The van der Waals surface area contributed by atoms with Crippen LogP contribution in [0.15, 0.2) is 0 Å². The fourth-order valence-electron chi connectivity index (χ4n) is 2.70. The average molecular weight is 153 g/mol. The molecular weight excluding hydrogens is 138 g/mol. The van der Waals surface area contributed by atoms with E-state index in [0.717, 1.165) is 12.7 Å². The maximum atomic E-state index is 3.55. The Morgan fingerprint density at radius 1 is 1.45 bits per heavy atom. The lowest BCUT2D eigenvalue weighted by atomic mass is 10.1. The van der Waals surface area contributed by atoms with Gasteiger partial charge in [-0.25, -0.2) is 0 Å². The van der Waals surface area contributed by atoms with Gasteiger partial charge < -0.3 is 4.90 Å². The highest BCUT2D eigenvalue weighted by Crippen LogP contribution is 2.47. The number of piperazine rings is 1. The van der Waals surface area contributed by atoms with Crippen LogP contribution in [0.3, 0.4) is 0 Å². The van der Waals surface area contributed by atoms with Crippen LogP contribution in [0.1, 0.15) is 6.42 Å². The fourth-order valence-corrected chi connectivity index (χ4v) is 2.70. The summed E-state index contributed by atoms with van der Waals surface area (Å²) in [5.41, 5.74) is 0.576. The second kappa shape index (κ2) is 1.79. The molecule has 0 amide bonds. The minimum Gasteiger partial charge on any atom is -0.303 e. The van der Waals surface area contributed by atoms with Gasteiger partial charge in [0.2, 0.25) is 0 Å². The van der Waals surface area contributed by atoms with Gasteiger partial charge in [0.05, 0.1) is 5.54 Å². The fraction of sp³-hybridized carbons (Fsp3) is 1.00. The predicted molar refractivity (Wildman–Crippen MR) is 43.3 cm³/mol. The van der Waals surface area contributed by atoms with Crippen molar-refractivity contribution in [2.75, 3.05) is 33.4 Å². The van der Waals surface area contributed by atoms with Gasteiger partial charge in [-0.2, -0.15) is 0 Å². The SMILES string of the molecule is CN1CCN2CNC3CC32C1. The maximum Gasteiger partial charge on any atom is 0.0518 e. The van der Waals surface area contributed by atoms with Crippen LogP contribution in [0.5, 0.6) is 0 Å². The van der Waals surface area contributed by atoms with Crippen LogP contribution in [0, 0.1) is 0 Å². The molecule has 0 aromatic rings. The molecule has 1 N–H and O–H groups in total. The van der Waals surface area contributed by atoms with Crippen LogP contribution < -0.4 is 5.32 Å². The molecule has 3 fully saturated rings. The van der Waals surface area contributed by atoms with Crippen LogP contribution in [0.4, 0.5) is 0 Å². The minimum absolute atomic E-state index is 0.576. The molecule has 2 aliphatic heterocycles. The summed E-state index contributed by atoms with van der Waals surface area (Å²) in [5.74, 6) is 0. The molecule has 2 unspecified atom stereocenters. The Balaban J connectivity index is 1.86. The highest BCUT2D eigenvalue weighted by molar-refractivity contribution is 5.22. The van der Waals surface area contributed by atoms with E-state index in [4.69, 9.17) is 0 Å². The quantitative estimate of drug-likeness (QED) is 0.497. The standard InChI is InChI=1S/C8H15N3/c1-10-2-3-11-6-9-7-4-8(7,11)5-10/h7,9H,2-6H2,1H3. The van der Waals surface area contributed by atoms with Crippen molar-refractivity contribution >= 4 is 0 Å². The summed E-state index contributed by atoms with van der Waals surface area (Å²) in [5, 5.41) is 3.55. The summed E-state index contributed by atoms with van der Waals surface area (Å²) in [6.45, 7) is 4.93. The summed E-state index contributed by atoms with van der Waals surface area (Å²) >= 11 is 0. The van der Waals surface area contributed by atoms with Gasteiger partial charge in [0.1, 0.15) is 0 Å². The molecule has 3 rings (SSSR count). The third-order valence-electron chi connectivity index (χ3n) is 3.50. The Morgan fingerprint density at radius 2 is 2.36 bits per heavy atom. The zero-order valence-corrected chi connectivity index (χ0v) is 7.01. The third kappa shape index (κ3) is 0.687. The van der Waals surface area contributed by atoms with Gasteiger partial charge in [0.15, 0.2) is 0 Å². The smallest absolute Gasteiger partial charge is 0.0518 e. The molecule has 3 nitrogen and oxygen atoms in total. The van der Waals surface area contributed by atoms with Crippen molar-refractivity contribution in [3.05, 3.63) is 0 Å². The van der Waals surface area contributed by atoms with E-state index in [2.05, 4.69) is 22.2 Å². The number of rotatable bonds is 0. The van der Waals surface area contributed by atoms with E-state index in [9.17, 15) is 0 Å². The van der Waals surface area contributed by atoms with Gasteiger partial charge in [-0.05, 0) is 13.5 Å². The van der Waals surface area contributed by atoms with E-state index in [1.807, 2.05) is 0 Å². The van der Waals surface area contributed by atoms with Crippen molar-refractivity contribution in [3.63, 3.8) is 0 Å². The lowest BCUT2D eigenvalue weighted by Gasteiger charge is -2.37. The molecule has 2 heterocycles. The predicted octanol–water partition coefficient (Wildman–Crippen LogP) is -0.694. The van der Waals surface area contributed by atoms with Crippen molar-refractivity contribution < 1.29 is 0 Å². The van der Waals surface area contributed by atoms with E-state index < -0.39 is 0 Å². The Kier molecular flexibility index (Phi) is 1.04. The Bertz CT molecular complexity index is 194. The molecule has 0 radical (unpaired) electrons. The van der Waals surface area contributed by atoms with Crippen LogP contribution in [0.25, 0.3) is 0 Å². The normalized spacial score (nSPS) is 50.5. The van der Waals surface area contributed by atoms with Crippen LogP contribution in [-0.2, 0) is 0 Å². The topological polar surface area (TPSA) is 18.5 Å². The number of hydrogen-bond acceptors (Lipinski definition) is 3. The Morgan fingerprint density at radius 3 is 3.18 bits per heavy atom. The van der Waals surface area contributed by atoms with Crippen molar-refractivity contribution in [1.82, 2.24) is 15.1 Å². The zero-order chi connectivity index (χ0) is 7.47. The van der Waals surface area contributed by atoms with Gasteiger partial charge in [-0.3, -0.25) is 10.2 Å². The summed E-state index contributed by atoms with van der Waals surface area (Å²) in [6, 6.07) is 0.824. The second-order valence-corrected chi connectivity index (χ2v) is 4.22. The van der Waals surface area contributed by atoms with E-state index in [0.29, 0.717) is 5.54 Å². The molecule has 0 aromatic heterocycles. The number of hydrogen-bond donors (Lipinski definition) is 1. The first-order chi connectivity index (χ1) is 5.31. The molecule has 3 heteroatoms. The van der Waals surface area contributed by atoms with Crippen LogP contribution in [0.2, 0.25) is 0 Å². The monoisotopic (exact) mass is 153 g/mol. The van der Waals surface area contributed by atoms with Gasteiger partial charge in [0, 0.05) is 32.3 Å². The Labute approximate surface area is 67.3 Å². The molecule has 1 spiro atoms. The van der Waals surface area contributed by atoms with Crippen LogP contribution in [-0.4, -0.2) is 54.7 Å². The molecule has 0 bridgehead atoms. The molecular formula is C8H15N3. The first kappa shape index (κ1) is 6.40. The number of nitrogens with one attached hydrogen (secondary N) is 1. The first-order valence-electron chi connectivity index (χ1n) is 4.48. The first-order valence-corrected chi connectivity index (χ1v) is 4.48. The van der Waals surface area contributed by atoms with Crippen LogP contribution >= 0.6 is 0 Å². The molecule has 11 heavy (non-hydrogen) atoms. The van der Waals surface area contributed by atoms with E-state index in [1.165, 1.54) is 26.1 Å². The van der Waals surface area contributed by atoms with Gasteiger partial charge in [0.25, 0.3) is 0 Å². The summed E-state index contributed by atoms with van der Waals surface area (Å²) < 4.78 is 0. The van der Waals surface area contributed by atoms with Crippen molar-refractivity contribution in [1.29, 1.82) is 0 Å². The van der Waals surface area contributed by atoms with E-state index >= 15 is 0 Å². The maximum absolute atomic E-state index is 3.55. The van der Waals surface area contributed by atoms with Gasteiger partial charge in [-0.1, -0.05) is 0 Å². The number of likely N-dealkylation sites (N-methyl/N-ethyl adjacent to an activating group) is 1. The molecule has 0 aromatic carbocycles. The average Bonchev–Trinajstić information content (AvgIpc) is 2.54. The highest BCUT2D eigenvalue weighted by atomic mass is 15.5. The molecule has 2 saturated heterocycles. The van der Waals surface area contributed by atoms with Gasteiger partial charge >= 0.3 is 0 Å². The lowest BCUT2D eigenvalue weighted by Crippen LogP contribution is -2.52. The molecule has 1 aliphatic carbocycles. The summed E-state index contributed by atoms with van der Waals surface area (Å²) in [7, 11) is 2.24. The van der Waals surface area contributed by atoms with Crippen molar-refractivity contribution in [3.8, 4) is 0 Å². The molecule has 2 atom stereocenters. The summed E-state index contributed by atoms with van der Waals surface area (Å²) in [6.07, 6.45) is 1.39. The molecule has 62 valence electrons. The highest BCUT2D eigenvalue weighted by Gasteiger charge is 2.63. The Hall–Kier alpha value is -0.120. The van der Waals surface area contributed by atoms with Crippen molar-refractivity contribution in [2.24, 2.45) is 0 Å². The van der Waals surface area contributed by atoms with E-state index in [-0.39, 0.29) is 0 Å². The molecule has 3 aliphatic rings. The summed E-state index contributed by atoms with van der Waals surface area (Å²) in [4.78, 5) is 5.08. The second-order valence-electron chi connectivity index (χ2n) is 4.22. The molecule has 1 saturated carbocycles. The largest absolute Gasteiger partial charge is 0.303 e. The van der Waals surface area contributed by atoms with Crippen molar-refractivity contribution in [2.45, 2.75) is 18.0 Å².